The molecule has 0 aliphatic rings. The van der Waals surface area contributed by atoms with Crippen LogP contribution in [0.2, 0.25) is 0 Å². The molecule has 0 atom stereocenters. The molecule has 0 radical (unpaired) electrons. The second-order valence-corrected chi connectivity index (χ2v) is 4.31. The van der Waals surface area contributed by atoms with Gasteiger partial charge in [0.2, 0.25) is 0 Å². The zero-order chi connectivity index (χ0) is 11.6. The summed E-state index contributed by atoms with van der Waals surface area (Å²) in [5, 5.41) is 0.766. The van der Waals surface area contributed by atoms with Gasteiger partial charge in [-0.15, -0.1) is 0 Å². The van der Waals surface area contributed by atoms with Crippen LogP contribution >= 0.6 is 12.2 Å². The Morgan fingerprint density at radius 1 is 1.12 bits per heavy atom. The van der Waals surface area contributed by atoms with Gasteiger partial charge in [0, 0.05) is 6.42 Å². The molecule has 0 N–H and O–H groups in total. The highest BCUT2D eigenvalue weighted by Crippen LogP contribution is 2.08. The average molecular weight is 236 g/mol. The van der Waals surface area contributed by atoms with Crippen molar-refractivity contribution in [1.29, 1.82) is 0 Å². The predicted molar refractivity (Wildman–Crippen MR) is 72.8 cm³/mol. The molecule has 1 rings (SSSR count). The second-order valence-electron chi connectivity index (χ2n) is 3.85. The Labute approximate surface area is 104 Å². The Bertz CT molecular complexity index is 295. The van der Waals surface area contributed by atoms with E-state index in [0.717, 1.165) is 17.9 Å². The molecule has 0 unspecified atom stereocenters. The largest absolute Gasteiger partial charge is 0.487 e. The minimum absolute atomic E-state index is 0.697. The molecular weight excluding hydrogens is 216 g/mol. The fourth-order valence-corrected chi connectivity index (χ4v) is 1.92. The molecule has 1 aromatic rings. The summed E-state index contributed by atoms with van der Waals surface area (Å²) in [6, 6.07) is 10.6. The lowest BCUT2D eigenvalue weighted by Gasteiger charge is -2.04. The normalized spacial score (nSPS) is 10.1. The van der Waals surface area contributed by atoms with Gasteiger partial charge in [-0.2, -0.15) is 0 Å². The van der Waals surface area contributed by atoms with Gasteiger partial charge in [-0.3, -0.25) is 0 Å². The van der Waals surface area contributed by atoms with Crippen LogP contribution in [0.1, 0.15) is 38.2 Å². The first-order valence-corrected chi connectivity index (χ1v) is 6.43. The lowest BCUT2D eigenvalue weighted by molar-refractivity contribution is 0.325. The summed E-state index contributed by atoms with van der Waals surface area (Å²) in [6.07, 6.45) is 5.70. The summed E-state index contributed by atoms with van der Waals surface area (Å²) in [5.74, 6) is 0. The van der Waals surface area contributed by atoms with Gasteiger partial charge in [0.15, 0.2) is 5.05 Å². The van der Waals surface area contributed by atoms with Gasteiger partial charge >= 0.3 is 0 Å². The van der Waals surface area contributed by atoms with Crippen LogP contribution < -0.4 is 0 Å². The first kappa shape index (κ1) is 13.2. The molecule has 0 aliphatic carbocycles. The molecule has 0 spiro atoms. The average Bonchev–Trinajstić information content (AvgIpc) is 2.30. The zero-order valence-corrected chi connectivity index (χ0v) is 10.8. The Morgan fingerprint density at radius 2 is 1.88 bits per heavy atom. The fraction of sp³-hybridized carbons (Fsp3) is 0.500. The zero-order valence-electron chi connectivity index (χ0n) is 9.95. The molecule has 0 aromatic heterocycles. The monoisotopic (exact) mass is 236 g/mol. The van der Waals surface area contributed by atoms with Gasteiger partial charge < -0.3 is 4.74 Å². The van der Waals surface area contributed by atoms with Crippen molar-refractivity contribution in [1.82, 2.24) is 0 Å². The number of thiocarbonyl (C=S) groups is 1. The lowest BCUT2D eigenvalue weighted by Crippen LogP contribution is -2.00. The van der Waals surface area contributed by atoms with E-state index in [1.807, 2.05) is 6.92 Å². The summed E-state index contributed by atoms with van der Waals surface area (Å²) in [6.45, 7) is 2.67. The van der Waals surface area contributed by atoms with E-state index in [9.17, 15) is 0 Å². The number of hydrogen-bond donors (Lipinski definition) is 0. The SMILES string of the molecule is CCOC(=S)CCCCCc1ccccc1. The van der Waals surface area contributed by atoms with E-state index in [1.165, 1.54) is 24.8 Å². The molecule has 0 aliphatic heterocycles. The van der Waals surface area contributed by atoms with Crippen molar-refractivity contribution in [2.45, 2.75) is 39.0 Å². The summed E-state index contributed by atoms with van der Waals surface area (Å²) in [5.41, 5.74) is 1.43. The molecule has 0 saturated carbocycles. The van der Waals surface area contributed by atoms with Crippen LogP contribution in [0.3, 0.4) is 0 Å². The number of aryl methyl sites for hydroxylation is 1. The molecule has 88 valence electrons. The van der Waals surface area contributed by atoms with E-state index in [4.69, 9.17) is 17.0 Å². The van der Waals surface area contributed by atoms with Gasteiger partial charge in [0.1, 0.15) is 0 Å². The molecule has 0 heterocycles. The number of benzene rings is 1. The molecule has 1 aromatic carbocycles. The maximum absolute atomic E-state index is 5.24. The summed E-state index contributed by atoms with van der Waals surface area (Å²) >= 11 is 5.07. The number of rotatable bonds is 7. The van der Waals surface area contributed by atoms with Crippen LogP contribution in [0, 0.1) is 0 Å². The Balaban J connectivity index is 2.02. The molecule has 0 amide bonds. The number of ether oxygens (including phenoxy) is 1. The van der Waals surface area contributed by atoms with Crippen molar-refractivity contribution < 1.29 is 4.74 Å². The Morgan fingerprint density at radius 3 is 2.56 bits per heavy atom. The number of unbranched alkanes of at least 4 members (excludes halogenated alkanes) is 2. The predicted octanol–water partition coefficient (Wildman–Crippen LogP) is 4.15. The van der Waals surface area contributed by atoms with Gasteiger partial charge in [-0.1, -0.05) is 36.8 Å². The Hall–Kier alpha value is -0.890. The van der Waals surface area contributed by atoms with Crippen molar-refractivity contribution in [2.24, 2.45) is 0 Å². The second kappa shape index (κ2) is 8.28. The van der Waals surface area contributed by atoms with Gasteiger partial charge in [0.25, 0.3) is 0 Å². The van der Waals surface area contributed by atoms with E-state index in [-0.39, 0.29) is 0 Å². The molecular formula is C14H20OS. The minimum atomic E-state index is 0.697. The van der Waals surface area contributed by atoms with Gasteiger partial charge in [-0.25, -0.2) is 0 Å². The quantitative estimate of drug-likeness (QED) is 0.519. The van der Waals surface area contributed by atoms with E-state index in [1.54, 1.807) is 0 Å². The topological polar surface area (TPSA) is 9.23 Å². The fourth-order valence-electron chi connectivity index (χ4n) is 1.65. The van der Waals surface area contributed by atoms with E-state index < -0.39 is 0 Å². The van der Waals surface area contributed by atoms with Crippen molar-refractivity contribution >= 4 is 17.3 Å². The first-order chi connectivity index (χ1) is 7.83. The van der Waals surface area contributed by atoms with Crippen LogP contribution in [0.5, 0.6) is 0 Å². The third kappa shape index (κ3) is 5.86. The van der Waals surface area contributed by atoms with Crippen LogP contribution in [0.4, 0.5) is 0 Å². The van der Waals surface area contributed by atoms with Crippen molar-refractivity contribution in [2.75, 3.05) is 6.61 Å². The number of hydrogen-bond acceptors (Lipinski definition) is 2. The van der Waals surface area contributed by atoms with Gasteiger partial charge in [0.05, 0.1) is 6.61 Å². The summed E-state index contributed by atoms with van der Waals surface area (Å²) in [4.78, 5) is 0. The van der Waals surface area contributed by atoms with Crippen molar-refractivity contribution in [3.8, 4) is 0 Å². The van der Waals surface area contributed by atoms with Crippen LogP contribution in [0.15, 0.2) is 30.3 Å². The highest BCUT2D eigenvalue weighted by atomic mass is 32.1. The van der Waals surface area contributed by atoms with Crippen LogP contribution in [0.25, 0.3) is 0 Å². The smallest absolute Gasteiger partial charge is 0.159 e. The van der Waals surface area contributed by atoms with E-state index in [0.29, 0.717) is 6.61 Å². The maximum atomic E-state index is 5.24. The third-order valence-corrected chi connectivity index (χ3v) is 2.82. The van der Waals surface area contributed by atoms with Crippen molar-refractivity contribution in [3.63, 3.8) is 0 Å². The highest BCUT2D eigenvalue weighted by Gasteiger charge is 1.97. The molecule has 16 heavy (non-hydrogen) atoms. The highest BCUT2D eigenvalue weighted by molar-refractivity contribution is 7.80. The molecule has 2 heteroatoms. The Kier molecular flexibility index (Phi) is 6.82. The van der Waals surface area contributed by atoms with Gasteiger partial charge in [-0.05, 0) is 44.0 Å². The first-order valence-electron chi connectivity index (χ1n) is 6.02. The summed E-state index contributed by atoms with van der Waals surface area (Å²) in [7, 11) is 0. The molecule has 0 bridgehead atoms. The van der Waals surface area contributed by atoms with Crippen LogP contribution in [-0.4, -0.2) is 11.7 Å². The lowest BCUT2D eigenvalue weighted by atomic mass is 10.1. The third-order valence-electron chi connectivity index (χ3n) is 2.49. The molecule has 1 nitrogen and oxygen atoms in total. The summed E-state index contributed by atoms with van der Waals surface area (Å²) < 4.78 is 5.24. The minimum Gasteiger partial charge on any atom is -0.487 e. The van der Waals surface area contributed by atoms with Crippen LogP contribution in [-0.2, 0) is 11.2 Å². The van der Waals surface area contributed by atoms with E-state index in [2.05, 4.69) is 30.3 Å². The van der Waals surface area contributed by atoms with E-state index >= 15 is 0 Å². The molecule has 0 saturated heterocycles. The maximum Gasteiger partial charge on any atom is 0.159 e. The van der Waals surface area contributed by atoms with Crippen molar-refractivity contribution in [3.05, 3.63) is 35.9 Å². The standard InChI is InChI=1S/C14H20OS/c1-2-15-14(16)12-8-4-7-11-13-9-5-3-6-10-13/h3,5-6,9-10H,2,4,7-8,11-12H2,1H3. The molecule has 0 fully saturated rings.